The summed E-state index contributed by atoms with van der Waals surface area (Å²) in [7, 11) is 0. The maximum atomic E-state index is 12.7. The van der Waals surface area contributed by atoms with Gasteiger partial charge in [0.2, 0.25) is 5.96 Å². The molecule has 0 bridgehead atoms. The van der Waals surface area contributed by atoms with E-state index in [2.05, 4.69) is 10.7 Å². The molecule has 1 aliphatic heterocycles. The summed E-state index contributed by atoms with van der Waals surface area (Å²) in [4.78, 5) is 12.7. The van der Waals surface area contributed by atoms with Gasteiger partial charge in [-0.1, -0.05) is 66.7 Å². The Balaban J connectivity index is 1.51. The summed E-state index contributed by atoms with van der Waals surface area (Å²) in [5, 5.41) is 14.3. The number of amides is 1. The van der Waals surface area contributed by atoms with Gasteiger partial charge < -0.3 is 0 Å². The van der Waals surface area contributed by atoms with Crippen LogP contribution < -0.4 is 10.7 Å². The third kappa shape index (κ3) is 3.08. The maximum absolute atomic E-state index is 12.7. The van der Waals surface area contributed by atoms with Crippen LogP contribution in [0, 0.1) is 5.41 Å². The van der Waals surface area contributed by atoms with Gasteiger partial charge in [-0.05, 0) is 28.0 Å². The number of hydrogen-bond acceptors (Lipinski definition) is 3. The van der Waals surface area contributed by atoms with Crippen LogP contribution in [0.5, 0.6) is 0 Å². The van der Waals surface area contributed by atoms with Crippen molar-refractivity contribution in [3.63, 3.8) is 0 Å². The van der Waals surface area contributed by atoms with Crippen molar-refractivity contribution >= 4 is 28.2 Å². The van der Waals surface area contributed by atoms with Crippen molar-refractivity contribution in [1.29, 1.82) is 5.41 Å². The van der Waals surface area contributed by atoms with Gasteiger partial charge in [0.25, 0.3) is 5.91 Å². The third-order valence-electron chi connectivity index (χ3n) is 4.38. The molecule has 0 radical (unpaired) electrons. The van der Waals surface area contributed by atoms with E-state index in [0.717, 1.165) is 21.9 Å². The third-order valence-corrected chi connectivity index (χ3v) is 4.38. The van der Waals surface area contributed by atoms with E-state index in [0.29, 0.717) is 12.1 Å². The van der Waals surface area contributed by atoms with Gasteiger partial charge >= 0.3 is 0 Å². The fourth-order valence-electron chi connectivity index (χ4n) is 3.05. The first-order valence-corrected chi connectivity index (χ1v) is 8.39. The van der Waals surface area contributed by atoms with E-state index >= 15 is 0 Å². The SMILES string of the molecule is N=C(NC(=O)c1cccc2ccccc12)N1C=C(c2ccccc2)CN1. The molecule has 0 aromatic heterocycles. The number of nitrogens with one attached hydrogen (secondary N) is 3. The van der Waals surface area contributed by atoms with Gasteiger partial charge in [0.15, 0.2) is 0 Å². The topological polar surface area (TPSA) is 68.2 Å². The van der Waals surface area contributed by atoms with Gasteiger partial charge in [-0.25, -0.2) is 5.43 Å². The zero-order chi connectivity index (χ0) is 17.9. The lowest BCUT2D eigenvalue weighted by molar-refractivity contribution is 0.0973. The molecule has 3 aromatic carbocycles. The van der Waals surface area contributed by atoms with Crippen molar-refractivity contribution in [2.45, 2.75) is 0 Å². The van der Waals surface area contributed by atoms with Crippen LogP contribution >= 0.6 is 0 Å². The van der Waals surface area contributed by atoms with Crippen molar-refractivity contribution in [3.05, 3.63) is 90.1 Å². The van der Waals surface area contributed by atoms with Crippen LogP contribution in [-0.4, -0.2) is 23.4 Å². The molecule has 3 aromatic rings. The number of hydrogen-bond donors (Lipinski definition) is 3. The predicted octanol–water partition coefficient (Wildman–Crippen LogP) is 3.37. The Morgan fingerprint density at radius 3 is 2.54 bits per heavy atom. The molecule has 5 nitrogen and oxygen atoms in total. The zero-order valence-electron chi connectivity index (χ0n) is 14.1. The van der Waals surface area contributed by atoms with Gasteiger partial charge in [-0.2, -0.15) is 0 Å². The summed E-state index contributed by atoms with van der Waals surface area (Å²) < 4.78 is 0. The molecule has 1 aliphatic rings. The van der Waals surface area contributed by atoms with E-state index in [4.69, 9.17) is 5.41 Å². The zero-order valence-corrected chi connectivity index (χ0v) is 14.1. The minimum Gasteiger partial charge on any atom is -0.291 e. The monoisotopic (exact) mass is 342 g/mol. The van der Waals surface area contributed by atoms with Crippen LogP contribution in [0.3, 0.4) is 0 Å². The van der Waals surface area contributed by atoms with Crippen LogP contribution in [0.2, 0.25) is 0 Å². The number of benzene rings is 3. The minimum atomic E-state index is -0.296. The summed E-state index contributed by atoms with van der Waals surface area (Å²) >= 11 is 0. The molecular weight excluding hydrogens is 324 g/mol. The van der Waals surface area contributed by atoms with Crippen LogP contribution in [-0.2, 0) is 0 Å². The first-order valence-electron chi connectivity index (χ1n) is 8.39. The van der Waals surface area contributed by atoms with Crippen LogP contribution in [0.15, 0.2) is 79.0 Å². The largest absolute Gasteiger partial charge is 0.291 e. The highest BCUT2D eigenvalue weighted by Crippen LogP contribution is 2.19. The molecule has 0 unspecified atom stereocenters. The summed E-state index contributed by atoms with van der Waals surface area (Å²) in [5.41, 5.74) is 5.81. The van der Waals surface area contributed by atoms with Crippen molar-refractivity contribution in [1.82, 2.24) is 15.8 Å². The van der Waals surface area contributed by atoms with E-state index in [9.17, 15) is 4.79 Å². The fourth-order valence-corrected chi connectivity index (χ4v) is 3.05. The number of fused-ring (bicyclic) bond motifs is 1. The molecule has 1 amide bonds. The lowest BCUT2D eigenvalue weighted by Crippen LogP contribution is -2.45. The highest BCUT2D eigenvalue weighted by Gasteiger charge is 2.19. The molecule has 0 saturated heterocycles. The van der Waals surface area contributed by atoms with Gasteiger partial charge in [-0.3, -0.25) is 20.5 Å². The number of nitrogens with zero attached hydrogens (tertiary/aromatic N) is 1. The number of guanidine groups is 1. The summed E-state index contributed by atoms with van der Waals surface area (Å²) in [5.74, 6) is -0.302. The van der Waals surface area contributed by atoms with E-state index in [1.54, 1.807) is 6.07 Å². The van der Waals surface area contributed by atoms with Gasteiger partial charge in [0.05, 0.1) is 0 Å². The summed E-state index contributed by atoms with van der Waals surface area (Å²) in [6.45, 7) is 0.608. The maximum Gasteiger partial charge on any atom is 0.258 e. The van der Waals surface area contributed by atoms with Gasteiger partial charge in [-0.15, -0.1) is 0 Å². The Labute approximate surface area is 151 Å². The molecule has 4 rings (SSSR count). The lowest BCUT2D eigenvalue weighted by Gasteiger charge is -2.17. The standard InChI is InChI=1S/C21H18N4O/c22-21(25-14-17(13-23-25)15-7-2-1-3-8-15)24-20(26)19-12-6-10-16-9-4-5-11-18(16)19/h1-12,14,23H,13H2,(H2,22,24,26). The molecule has 1 heterocycles. The molecule has 0 saturated carbocycles. The fraction of sp³-hybridized carbons (Fsp3) is 0.0476. The molecule has 0 aliphatic carbocycles. The highest BCUT2D eigenvalue weighted by molar-refractivity contribution is 6.12. The Morgan fingerprint density at radius 1 is 0.962 bits per heavy atom. The van der Waals surface area contributed by atoms with Crippen molar-refractivity contribution in [3.8, 4) is 0 Å². The number of carbonyl (C=O) groups excluding carboxylic acids is 1. The molecule has 0 fully saturated rings. The van der Waals surface area contributed by atoms with E-state index in [-0.39, 0.29) is 11.9 Å². The summed E-state index contributed by atoms with van der Waals surface area (Å²) in [6.07, 6.45) is 1.83. The molecule has 128 valence electrons. The Hall–Kier alpha value is -3.44. The van der Waals surface area contributed by atoms with Crippen molar-refractivity contribution in [2.75, 3.05) is 6.54 Å². The number of hydrazine groups is 1. The van der Waals surface area contributed by atoms with E-state index < -0.39 is 0 Å². The quantitative estimate of drug-likeness (QED) is 0.494. The average molecular weight is 342 g/mol. The van der Waals surface area contributed by atoms with E-state index in [1.165, 1.54) is 5.01 Å². The normalized spacial score (nSPS) is 13.5. The van der Waals surface area contributed by atoms with Crippen molar-refractivity contribution < 1.29 is 4.79 Å². The first kappa shape index (κ1) is 16.1. The van der Waals surface area contributed by atoms with Crippen LogP contribution in [0.4, 0.5) is 0 Å². The second kappa shape index (κ2) is 6.82. The van der Waals surface area contributed by atoms with Crippen molar-refractivity contribution in [2.24, 2.45) is 0 Å². The molecule has 26 heavy (non-hydrogen) atoms. The molecule has 0 atom stereocenters. The van der Waals surface area contributed by atoms with Crippen LogP contribution in [0.1, 0.15) is 15.9 Å². The Kier molecular flexibility index (Phi) is 4.21. The summed E-state index contributed by atoms with van der Waals surface area (Å²) in [6, 6.07) is 23.3. The number of rotatable bonds is 2. The second-order valence-electron chi connectivity index (χ2n) is 6.05. The lowest BCUT2D eigenvalue weighted by atomic mass is 10.0. The smallest absolute Gasteiger partial charge is 0.258 e. The van der Waals surface area contributed by atoms with E-state index in [1.807, 2.05) is 72.9 Å². The molecule has 5 heteroatoms. The minimum absolute atomic E-state index is 0.00568. The molecular formula is C21H18N4O. The molecule has 0 spiro atoms. The second-order valence-corrected chi connectivity index (χ2v) is 6.05. The predicted molar refractivity (Wildman–Crippen MR) is 103 cm³/mol. The first-order chi connectivity index (χ1) is 12.7. The Morgan fingerprint density at radius 2 is 1.69 bits per heavy atom. The Bertz CT molecular complexity index is 1010. The van der Waals surface area contributed by atoms with Gasteiger partial charge in [0, 0.05) is 18.3 Å². The number of carbonyl (C=O) groups is 1. The highest BCUT2D eigenvalue weighted by atomic mass is 16.2. The average Bonchev–Trinajstić information content (AvgIpc) is 3.18. The van der Waals surface area contributed by atoms with Crippen LogP contribution in [0.25, 0.3) is 16.3 Å². The van der Waals surface area contributed by atoms with Gasteiger partial charge in [0.1, 0.15) is 0 Å². The molecule has 3 N–H and O–H groups in total.